The number of carbonyl (C=O) groups excluding carboxylic acids is 5. The molecule has 0 aromatic carbocycles. The van der Waals surface area contributed by atoms with Crippen LogP contribution in [0.4, 0.5) is 19.2 Å². The summed E-state index contributed by atoms with van der Waals surface area (Å²) in [4.78, 5) is 74.2. The monoisotopic (exact) mass is 876 g/mol. The molecule has 17 heteroatoms. The number of esters is 1. The minimum Gasteiger partial charge on any atom is -0.460 e. The van der Waals surface area contributed by atoms with Crippen molar-refractivity contribution in [3.8, 4) is 0 Å². The summed E-state index contributed by atoms with van der Waals surface area (Å²) in [5.41, 5.74) is 0.0754. The van der Waals surface area contributed by atoms with E-state index in [4.69, 9.17) is 23.7 Å². The standard InChI is InChI=1S/C24H33N3O6.C22H31N3O5/c1-15(28)31-19-14-26(21(29)32-23(2,3)4)12-10-16(19)18-13-27(22(30)33-24(5,6)7)20-17(18)9-8-11-25-20;1-21(2,3)29-19(27)24-11-9-14(17(26)13-24)16-12-25(20(28)30-22(4,5)6)18-15(16)8-7-10-23-18/h8-9,11,13,16,19H,10,12,14H2,1-7H3;7-8,10,12,14,17,26H,9,11,13H2,1-6H3/t16-,19?;14-,17?/m00/s1. The van der Waals surface area contributed by atoms with Gasteiger partial charge in [-0.25, -0.2) is 38.3 Å². The fourth-order valence-electron chi connectivity index (χ4n) is 7.54. The number of β-amino-alcohol motifs (C(OH)–C–C–N with tert-alkyl or cyclic N) is 1. The molecule has 6 heterocycles. The number of carbonyl (C=O) groups is 5. The van der Waals surface area contributed by atoms with Crippen molar-refractivity contribution < 1.29 is 52.8 Å². The van der Waals surface area contributed by atoms with E-state index in [2.05, 4.69) is 9.97 Å². The molecule has 2 fully saturated rings. The number of rotatable bonds is 3. The van der Waals surface area contributed by atoms with Gasteiger partial charge in [0.1, 0.15) is 39.8 Å². The highest BCUT2D eigenvalue weighted by molar-refractivity contribution is 5.91. The summed E-state index contributed by atoms with van der Waals surface area (Å²) in [5, 5.41) is 12.4. The van der Waals surface area contributed by atoms with Gasteiger partial charge in [0.2, 0.25) is 0 Å². The first-order valence-electron chi connectivity index (χ1n) is 21.3. The van der Waals surface area contributed by atoms with Crippen molar-refractivity contribution in [2.24, 2.45) is 0 Å². The molecule has 2 aliphatic rings. The number of hydrogen-bond acceptors (Lipinski definition) is 13. The van der Waals surface area contributed by atoms with E-state index >= 15 is 0 Å². The molecular formula is C46H64N6O11. The Kier molecular flexibility index (Phi) is 14.2. The zero-order valence-electron chi connectivity index (χ0n) is 38.9. The average Bonchev–Trinajstić information content (AvgIpc) is 3.72. The number of ether oxygens (including phenoxy) is 5. The Morgan fingerprint density at radius 3 is 1.37 bits per heavy atom. The Morgan fingerprint density at radius 1 is 0.587 bits per heavy atom. The highest BCUT2D eigenvalue weighted by Crippen LogP contribution is 2.37. The van der Waals surface area contributed by atoms with Crippen LogP contribution in [-0.4, -0.2) is 125 Å². The molecular weight excluding hydrogens is 813 g/mol. The maximum Gasteiger partial charge on any atom is 0.420 e. The second-order valence-electron chi connectivity index (χ2n) is 20.0. The molecule has 2 unspecified atom stereocenters. The van der Waals surface area contributed by atoms with Crippen LogP contribution in [-0.2, 0) is 28.5 Å². The normalized spacial score (nSPS) is 19.8. The molecule has 6 rings (SSSR count). The van der Waals surface area contributed by atoms with Gasteiger partial charge in [-0.1, -0.05) is 0 Å². The first-order chi connectivity index (χ1) is 29.1. The third kappa shape index (κ3) is 12.7. The molecule has 1 N–H and O–H groups in total. The maximum absolute atomic E-state index is 12.8. The van der Waals surface area contributed by atoms with Gasteiger partial charge in [-0.2, -0.15) is 0 Å². The number of amides is 2. The molecule has 0 aliphatic carbocycles. The van der Waals surface area contributed by atoms with E-state index in [0.29, 0.717) is 37.2 Å². The van der Waals surface area contributed by atoms with Crippen molar-refractivity contribution in [1.29, 1.82) is 0 Å². The number of aliphatic hydroxyl groups is 1. The zero-order valence-corrected chi connectivity index (χ0v) is 38.9. The highest BCUT2D eigenvalue weighted by atomic mass is 16.6. The SMILES string of the molecule is CC(=O)OC1CN(C(=O)OC(C)(C)C)CC[C@H]1c1cn(C(=O)OC(C)(C)C)c2ncccc12.CC(C)(C)OC(=O)N1CC[C@@H](c2cn(C(=O)OC(C)(C)C)c3ncccc23)C(O)C1. The van der Waals surface area contributed by atoms with E-state index < -0.39 is 65.0 Å². The molecule has 0 saturated carbocycles. The lowest BCUT2D eigenvalue weighted by Gasteiger charge is -2.38. The second-order valence-corrected chi connectivity index (χ2v) is 20.0. The minimum absolute atomic E-state index is 0.166. The Morgan fingerprint density at radius 2 is 0.968 bits per heavy atom. The third-order valence-corrected chi connectivity index (χ3v) is 9.93. The quantitative estimate of drug-likeness (QED) is 0.153. The smallest absolute Gasteiger partial charge is 0.420 e. The molecule has 17 nitrogen and oxygen atoms in total. The van der Waals surface area contributed by atoms with Crippen LogP contribution in [0.25, 0.3) is 22.1 Å². The second kappa shape index (κ2) is 18.6. The fourth-order valence-corrected chi connectivity index (χ4v) is 7.54. The van der Waals surface area contributed by atoms with Crippen molar-refractivity contribution in [3.05, 3.63) is 60.2 Å². The summed E-state index contributed by atoms with van der Waals surface area (Å²) in [5.74, 6) is -0.910. The summed E-state index contributed by atoms with van der Waals surface area (Å²) in [6.07, 6.45) is 4.39. The maximum atomic E-state index is 12.8. The molecule has 2 amide bonds. The summed E-state index contributed by atoms with van der Waals surface area (Å²) < 4.78 is 30.4. The predicted octanol–water partition coefficient (Wildman–Crippen LogP) is 8.38. The predicted molar refractivity (Wildman–Crippen MR) is 235 cm³/mol. The Bertz CT molecular complexity index is 2310. The molecule has 2 saturated heterocycles. The van der Waals surface area contributed by atoms with Gasteiger partial charge in [-0.3, -0.25) is 4.79 Å². The molecule has 0 radical (unpaired) electrons. The van der Waals surface area contributed by atoms with Crippen molar-refractivity contribution in [1.82, 2.24) is 28.9 Å². The molecule has 2 aliphatic heterocycles. The number of nitrogens with zero attached hydrogens (tertiary/aromatic N) is 6. The molecule has 344 valence electrons. The van der Waals surface area contributed by atoms with E-state index in [0.717, 1.165) is 21.9 Å². The lowest BCUT2D eigenvalue weighted by atomic mass is 9.87. The van der Waals surface area contributed by atoms with Crippen molar-refractivity contribution in [2.45, 2.75) is 149 Å². The largest absolute Gasteiger partial charge is 0.460 e. The van der Waals surface area contributed by atoms with Gasteiger partial charge in [-0.05, 0) is 131 Å². The van der Waals surface area contributed by atoms with E-state index in [9.17, 15) is 29.1 Å². The Hall–Kier alpha value is -5.71. The van der Waals surface area contributed by atoms with Gasteiger partial charge in [0.25, 0.3) is 0 Å². The van der Waals surface area contributed by atoms with E-state index in [1.807, 2.05) is 32.9 Å². The van der Waals surface area contributed by atoms with Crippen LogP contribution in [0.5, 0.6) is 0 Å². The van der Waals surface area contributed by atoms with Crippen LogP contribution in [0.1, 0.15) is 126 Å². The summed E-state index contributed by atoms with van der Waals surface area (Å²) >= 11 is 0. The van der Waals surface area contributed by atoms with Gasteiger partial charge in [0.05, 0.1) is 19.2 Å². The van der Waals surface area contributed by atoms with Crippen LogP contribution in [0.2, 0.25) is 0 Å². The van der Waals surface area contributed by atoms with Crippen LogP contribution < -0.4 is 0 Å². The van der Waals surface area contributed by atoms with Crippen LogP contribution >= 0.6 is 0 Å². The number of piperidine rings is 2. The average molecular weight is 877 g/mol. The number of aromatic nitrogens is 4. The van der Waals surface area contributed by atoms with Gasteiger partial charge in [-0.15, -0.1) is 0 Å². The summed E-state index contributed by atoms with van der Waals surface area (Å²) in [6, 6.07) is 7.35. The van der Waals surface area contributed by atoms with Crippen LogP contribution in [0, 0.1) is 0 Å². The van der Waals surface area contributed by atoms with E-state index in [-0.39, 0.29) is 24.9 Å². The number of fused-ring (bicyclic) bond motifs is 2. The lowest BCUT2D eigenvalue weighted by Crippen LogP contribution is -2.48. The molecule has 63 heavy (non-hydrogen) atoms. The first kappa shape index (κ1) is 48.3. The molecule has 4 aromatic rings. The van der Waals surface area contributed by atoms with Gasteiger partial charge >= 0.3 is 30.3 Å². The lowest BCUT2D eigenvalue weighted by molar-refractivity contribution is -0.150. The van der Waals surface area contributed by atoms with Crippen molar-refractivity contribution in [3.63, 3.8) is 0 Å². The third-order valence-electron chi connectivity index (χ3n) is 9.93. The summed E-state index contributed by atoms with van der Waals surface area (Å²) in [7, 11) is 0. The van der Waals surface area contributed by atoms with Gasteiger partial charge < -0.3 is 38.6 Å². The number of likely N-dealkylation sites (tertiary alicyclic amines) is 2. The molecule has 4 aromatic heterocycles. The topological polar surface area (TPSA) is 194 Å². The highest BCUT2D eigenvalue weighted by Gasteiger charge is 2.39. The number of pyridine rings is 2. The van der Waals surface area contributed by atoms with Crippen molar-refractivity contribution in [2.75, 3.05) is 26.2 Å². The molecule has 0 spiro atoms. The summed E-state index contributed by atoms with van der Waals surface area (Å²) in [6.45, 7) is 24.3. The Balaban J connectivity index is 0.000000239. The number of aliphatic hydroxyl groups excluding tert-OH is 1. The number of hydrogen-bond donors (Lipinski definition) is 1. The van der Waals surface area contributed by atoms with E-state index in [1.54, 1.807) is 104 Å². The van der Waals surface area contributed by atoms with Gasteiger partial charge in [0.15, 0.2) is 0 Å². The molecule has 0 bridgehead atoms. The van der Waals surface area contributed by atoms with Crippen LogP contribution in [0.3, 0.4) is 0 Å². The van der Waals surface area contributed by atoms with E-state index in [1.165, 1.54) is 21.0 Å². The molecule has 4 atom stereocenters. The first-order valence-corrected chi connectivity index (χ1v) is 21.3. The van der Waals surface area contributed by atoms with Crippen molar-refractivity contribution >= 4 is 52.4 Å². The fraction of sp³-hybridized carbons (Fsp3) is 0.587. The van der Waals surface area contributed by atoms with Gasteiger partial charge in [0, 0.05) is 67.4 Å². The van der Waals surface area contributed by atoms with Crippen LogP contribution in [0.15, 0.2) is 49.1 Å². The minimum atomic E-state index is -0.788. The zero-order chi connectivity index (χ0) is 46.8. The Labute approximate surface area is 368 Å².